The first-order chi connectivity index (χ1) is 20.7. The van der Waals surface area contributed by atoms with E-state index in [-0.39, 0.29) is 11.3 Å². The van der Waals surface area contributed by atoms with Gasteiger partial charge in [-0.2, -0.15) is 0 Å². The largest absolute Gasteiger partial charge is 0.513 e. The van der Waals surface area contributed by atoms with Crippen LogP contribution in [-0.2, 0) is 9.47 Å². The third-order valence-electron chi connectivity index (χ3n) is 8.20. The summed E-state index contributed by atoms with van der Waals surface area (Å²) in [5.41, 5.74) is 0.206. The third kappa shape index (κ3) is 22.5. The van der Waals surface area contributed by atoms with Crippen LogP contribution in [0.25, 0.3) is 0 Å². The van der Waals surface area contributed by atoms with Gasteiger partial charge in [-0.3, -0.25) is 0 Å². The molecule has 0 unspecified atom stereocenters. The number of ether oxygens (including phenoxy) is 3. The van der Waals surface area contributed by atoms with E-state index in [0.717, 1.165) is 12.8 Å². The molecule has 0 radical (unpaired) electrons. The molecule has 0 heterocycles. The predicted octanol–water partition coefficient (Wildman–Crippen LogP) is 12.2. The van der Waals surface area contributed by atoms with Gasteiger partial charge in [-0.15, -0.1) is 0 Å². The maximum absolute atomic E-state index is 11.9. The Morgan fingerprint density at radius 1 is 0.524 bits per heavy atom. The van der Waals surface area contributed by atoms with Crippen molar-refractivity contribution in [1.29, 1.82) is 0 Å². The summed E-state index contributed by atoms with van der Waals surface area (Å²) < 4.78 is 15.0. The Morgan fingerprint density at radius 3 is 1.26 bits per heavy atom. The smallest absolute Gasteiger partial charge is 0.465 e. The van der Waals surface area contributed by atoms with E-state index in [0.29, 0.717) is 6.61 Å². The third-order valence-corrected chi connectivity index (χ3v) is 8.20. The maximum atomic E-state index is 11.9. The van der Waals surface area contributed by atoms with Gasteiger partial charge in [-0.25, -0.2) is 9.59 Å². The summed E-state index contributed by atoms with van der Waals surface area (Å²) in [5.74, 6) is -0.395. The maximum Gasteiger partial charge on any atom is 0.513 e. The number of carbonyl (C=O) groups is 2. The molecule has 0 bridgehead atoms. The summed E-state index contributed by atoms with van der Waals surface area (Å²) >= 11 is 0. The SMILES string of the molecule is CCCCCCCCCCCCCCCCCCCCCCCCCCCCOC(=O)Oc1ccccc1C(=O)OC. The van der Waals surface area contributed by atoms with Crippen molar-refractivity contribution >= 4 is 12.1 Å². The van der Waals surface area contributed by atoms with Crippen molar-refractivity contribution in [2.75, 3.05) is 13.7 Å². The lowest BCUT2D eigenvalue weighted by molar-refractivity contribution is 0.0594. The molecule has 5 heteroatoms. The van der Waals surface area contributed by atoms with Crippen molar-refractivity contribution < 1.29 is 23.8 Å². The second-order valence-electron chi connectivity index (χ2n) is 12.0. The molecular weight excluding hydrogens is 524 g/mol. The molecule has 0 atom stereocenters. The highest BCUT2D eigenvalue weighted by Gasteiger charge is 2.15. The van der Waals surface area contributed by atoms with E-state index in [1.807, 2.05) is 0 Å². The quantitative estimate of drug-likeness (QED) is 0.0529. The van der Waals surface area contributed by atoms with Gasteiger partial charge >= 0.3 is 12.1 Å². The van der Waals surface area contributed by atoms with Gasteiger partial charge in [0, 0.05) is 0 Å². The molecule has 0 saturated heterocycles. The van der Waals surface area contributed by atoms with Gasteiger partial charge in [-0.1, -0.05) is 180 Å². The van der Waals surface area contributed by atoms with Gasteiger partial charge in [0.2, 0.25) is 0 Å². The number of hydrogen-bond donors (Lipinski definition) is 0. The van der Waals surface area contributed by atoms with Crippen molar-refractivity contribution in [2.24, 2.45) is 0 Å². The minimum absolute atomic E-state index is 0.152. The van der Waals surface area contributed by atoms with Crippen LogP contribution < -0.4 is 4.74 Å². The first kappa shape index (κ1) is 38.0. The molecule has 5 nitrogen and oxygen atoms in total. The van der Waals surface area contributed by atoms with E-state index in [9.17, 15) is 9.59 Å². The van der Waals surface area contributed by atoms with Crippen LogP contribution in [-0.4, -0.2) is 25.8 Å². The average molecular weight is 589 g/mol. The second kappa shape index (κ2) is 29.1. The molecule has 1 aromatic carbocycles. The molecule has 0 fully saturated rings. The highest BCUT2D eigenvalue weighted by Crippen LogP contribution is 2.20. The molecule has 0 aromatic heterocycles. The monoisotopic (exact) mass is 588 g/mol. The van der Waals surface area contributed by atoms with Crippen molar-refractivity contribution in [3.63, 3.8) is 0 Å². The van der Waals surface area contributed by atoms with Crippen LogP contribution in [0.2, 0.25) is 0 Å². The summed E-state index contributed by atoms with van der Waals surface area (Å²) in [7, 11) is 1.29. The minimum Gasteiger partial charge on any atom is -0.465 e. The molecule has 42 heavy (non-hydrogen) atoms. The lowest BCUT2D eigenvalue weighted by Crippen LogP contribution is -2.14. The lowest BCUT2D eigenvalue weighted by atomic mass is 10.0. The Bertz CT molecular complexity index is 762. The number of methoxy groups -OCH3 is 1. The molecule has 0 aliphatic carbocycles. The summed E-state index contributed by atoms with van der Waals surface area (Å²) in [6, 6.07) is 6.48. The summed E-state index contributed by atoms with van der Waals surface area (Å²) in [5, 5.41) is 0. The van der Waals surface area contributed by atoms with Crippen molar-refractivity contribution in [1.82, 2.24) is 0 Å². The van der Waals surface area contributed by atoms with Crippen LogP contribution in [0.4, 0.5) is 4.79 Å². The van der Waals surface area contributed by atoms with E-state index in [1.54, 1.807) is 24.3 Å². The van der Waals surface area contributed by atoms with Crippen LogP contribution in [0, 0.1) is 0 Å². The summed E-state index contributed by atoms with van der Waals surface area (Å²) in [6.45, 7) is 2.62. The number of carbonyl (C=O) groups excluding carboxylic acids is 2. The number of unbranched alkanes of at least 4 members (excludes halogenated alkanes) is 25. The van der Waals surface area contributed by atoms with E-state index < -0.39 is 12.1 Å². The topological polar surface area (TPSA) is 61.8 Å². The number of esters is 1. The minimum atomic E-state index is -0.786. The number of benzene rings is 1. The molecular formula is C37H64O5. The van der Waals surface area contributed by atoms with E-state index in [2.05, 4.69) is 6.92 Å². The number of hydrogen-bond acceptors (Lipinski definition) is 5. The molecule has 0 aliphatic rings. The first-order valence-electron chi connectivity index (χ1n) is 17.7. The van der Waals surface area contributed by atoms with Crippen molar-refractivity contribution in [3.05, 3.63) is 29.8 Å². The molecule has 0 amide bonds. The molecule has 0 aliphatic heterocycles. The molecule has 1 aromatic rings. The van der Waals surface area contributed by atoms with Crippen molar-refractivity contribution in [2.45, 2.75) is 174 Å². The Labute approximate surface area is 258 Å². The molecule has 1 rings (SSSR count). The zero-order valence-corrected chi connectivity index (χ0v) is 27.4. The lowest BCUT2D eigenvalue weighted by Gasteiger charge is -2.09. The normalized spacial score (nSPS) is 11.0. The standard InChI is InChI=1S/C37H64O5/c1-3-4-5-6-7-8-9-10-11-12-13-14-15-16-17-18-19-20-21-22-23-24-25-26-27-30-33-41-37(39)42-35-32-29-28-31-34(35)36(38)40-2/h28-29,31-32H,3-27,30,33H2,1-2H3. The Kier molecular flexibility index (Phi) is 26.3. The zero-order chi connectivity index (χ0) is 30.4. The number of para-hydroxylation sites is 1. The Balaban J connectivity index is 1.76. The van der Waals surface area contributed by atoms with Crippen LogP contribution in [0.5, 0.6) is 5.75 Å². The van der Waals surface area contributed by atoms with E-state index in [1.165, 1.54) is 161 Å². The number of rotatable bonds is 29. The summed E-state index contributed by atoms with van der Waals surface area (Å²) in [4.78, 5) is 23.7. The fourth-order valence-corrected chi connectivity index (χ4v) is 5.53. The van der Waals surface area contributed by atoms with E-state index >= 15 is 0 Å². The summed E-state index contributed by atoms with van der Waals surface area (Å²) in [6.07, 6.45) is 34.8. The van der Waals surface area contributed by atoms with Crippen LogP contribution >= 0.6 is 0 Å². The predicted molar refractivity (Wildman–Crippen MR) is 175 cm³/mol. The second-order valence-corrected chi connectivity index (χ2v) is 12.0. The van der Waals surface area contributed by atoms with Gasteiger partial charge in [-0.05, 0) is 18.6 Å². The first-order valence-corrected chi connectivity index (χ1v) is 17.7. The zero-order valence-electron chi connectivity index (χ0n) is 27.4. The highest BCUT2D eigenvalue weighted by molar-refractivity contribution is 5.93. The fourth-order valence-electron chi connectivity index (χ4n) is 5.53. The molecule has 0 saturated carbocycles. The molecule has 0 N–H and O–H groups in total. The van der Waals surface area contributed by atoms with Crippen LogP contribution in [0.15, 0.2) is 24.3 Å². The molecule has 0 spiro atoms. The van der Waals surface area contributed by atoms with Gasteiger partial charge in [0.15, 0.2) is 0 Å². The fraction of sp³-hybridized carbons (Fsp3) is 0.784. The van der Waals surface area contributed by atoms with Crippen molar-refractivity contribution in [3.8, 4) is 5.75 Å². The van der Waals surface area contributed by atoms with Gasteiger partial charge in [0.05, 0.1) is 13.7 Å². The van der Waals surface area contributed by atoms with Crippen LogP contribution in [0.3, 0.4) is 0 Å². The highest BCUT2D eigenvalue weighted by atomic mass is 16.7. The Hall–Kier alpha value is -2.04. The van der Waals surface area contributed by atoms with Gasteiger partial charge in [0.25, 0.3) is 0 Å². The van der Waals surface area contributed by atoms with Gasteiger partial charge < -0.3 is 14.2 Å². The average Bonchev–Trinajstić information content (AvgIpc) is 3.00. The van der Waals surface area contributed by atoms with Gasteiger partial charge in [0.1, 0.15) is 11.3 Å². The Morgan fingerprint density at radius 2 is 0.881 bits per heavy atom. The molecule has 242 valence electrons. The van der Waals surface area contributed by atoms with E-state index in [4.69, 9.17) is 14.2 Å². The van der Waals surface area contributed by atoms with Crippen LogP contribution in [0.1, 0.15) is 184 Å².